The average molecular weight is 496 g/mol. The molecule has 0 saturated carbocycles. The van der Waals surface area contributed by atoms with Crippen LogP contribution in [0.25, 0.3) is 11.7 Å². The van der Waals surface area contributed by atoms with Gasteiger partial charge in [0.1, 0.15) is 6.07 Å². The van der Waals surface area contributed by atoms with Gasteiger partial charge in [0, 0.05) is 30.6 Å². The summed E-state index contributed by atoms with van der Waals surface area (Å²) in [5.74, 6) is 1.13. The summed E-state index contributed by atoms with van der Waals surface area (Å²) >= 11 is 6.49. The number of carbonyl (C=O) groups excluding carboxylic acids is 1. The number of nitriles is 1. The molecule has 0 spiro atoms. The summed E-state index contributed by atoms with van der Waals surface area (Å²) in [7, 11) is 0. The predicted octanol–water partition coefficient (Wildman–Crippen LogP) is 4.88. The highest BCUT2D eigenvalue weighted by Gasteiger charge is 2.30. The summed E-state index contributed by atoms with van der Waals surface area (Å²) in [6, 6.07) is 13.4. The lowest BCUT2D eigenvalue weighted by molar-refractivity contribution is -0.125. The Morgan fingerprint density at radius 2 is 2.00 bits per heavy atom. The van der Waals surface area contributed by atoms with E-state index in [4.69, 9.17) is 20.4 Å². The van der Waals surface area contributed by atoms with Crippen LogP contribution in [0.5, 0.6) is 0 Å². The Balaban J connectivity index is 1.38. The van der Waals surface area contributed by atoms with Gasteiger partial charge in [0.15, 0.2) is 5.76 Å². The summed E-state index contributed by atoms with van der Waals surface area (Å²) < 4.78 is 11.2. The molecule has 2 aromatic heterocycles. The molecule has 0 radical (unpaired) electrons. The van der Waals surface area contributed by atoms with Crippen molar-refractivity contribution in [2.75, 3.05) is 37.6 Å². The second kappa shape index (κ2) is 11.4. The molecule has 3 heterocycles. The number of hydrogen-bond donors (Lipinski definition) is 1. The molecule has 1 unspecified atom stereocenters. The van der Waals surface area contributed by atoms with Crippen LogP contribution >= 0.6 is 11.6 Å². The lowest BCUT2D eigenvalue weighted by Crippen LogP contribution is -2.43. The van der Waals surface area contributed by atoms with Gasteiger partial charge in [-0.1, -0.05) is 43.6 Å². The minimum Gasteiger partial charge on any atom is -0.459 e. The van der Waals surface area contributed by atoms with E-state index in [1.54, 1.807) is 12.1 Å². The first-order chi connectivity index (χ1) is 17.0. The predicted molar refractivity (Wildman–Crippen MR) is 134 cm³/mol. The van der Waals surface area contributed by atoms with E-state index >= 15 is 0 Å². The van der Waals surface area contributed by atoms with Gasteiger partial charge in [-0.25, -0.2) is 0 Å². The number of furan rings is 1. The molecule has 1 aliphatic heterocycles. The van der Waals surface area contributed by atoms with Crippen LogP contribution in [0.15, 0.2) is 51.5 Å². The highest BCUT2D eigenvalue weighted by molar-refractivity contribution is 6.31. The van der Waals surface area contributed by atoms with Gasteiger partial charge in [-0.2, -0.15) is 10.2 Å². The van der Waals surface area contributed by atoms with Crippen LogP contribution in [0.2, 0.25) is 5.02 Å². The van der Waals surface area contributed by atoms with Crippen molar-refractivity contribution in [3.05, 3.63) is 58.9 Å². The molecule has 1 aromatic carbocycles. The summed E-state index contributed by atoms with van der Waals surface area (Å²) in [4.78, 5) is 21.6. The van der Waals surface area contributed by atoms with Gasteiger partial charge < -0.3 is 19.1 Å². The van der Waals surface area contributed by atoms with Gasteiger partial charge in [0.25, 0.3) is 5.89 Å². The Bertz CT molecular complexity index is 1160. The van der Waals surface area contributed by atoms with Crippen molar-refractivity contribution in [1.29, 1.82) is 5.26 Å². The Morgan fingerprint density at radius 1 is 1.26 bits per heavy atom. The fourth-order valence-electron chi connectivity index (χ4n) is 4.64. The summed E-state index contributed by atoms with van der Waals surface area (Å²) in [5, 5.41) is 13.4. The van der Waals surface area contributed by atoms with Crippen molar-refractivity contribution in [2.24, 2.45) is 5.92 Å². The number of hydrogen-bond acceptors (Lipinski definition) is 7. The number of benzene rings is 1. The second-order valence-electron chi connectivity index (χ2n) is 8.53. The fourth-order valence-corrected chi connectivity index (χ4v) is 4.90. The zero-order valence-corrected chi connectivity index (χ0v) is 20.8. The van der Waals surface area contributed by atoms with Crippen LogP contribution in [-0.2, 0) is 4.79 Å². The van der Waals surface area contributed by atoms with E-state index in [9.17, 15) is 10.1 Å². The highest BCUT2D eigenvalue weighted by atomic mass is 35.5. The molecule has 4 rings (SSSR count). The zero-order valence-electron chi connectivity index (χ0n) is 20.0. The summed E-state index contributed by atoms with van der Waals surface area (Å²) in [5.41, 5.74) is 1.25. The van der Waals surface area contributed by atoms with Gasteiger partial charge in [0.2, 0.25) is 17.5 Å². The molecule has 35 heavy (non-hydrogen) atoms. The third-order valence-electron chi connectivity index (χ3n) is 6.59. The minimum absolute atomic E-state index is 0.00939. The second-order valence-corrected chi connectivity index (χ2v) is 8.93. The minimum atomic E-state index is -0.104. The van der Waals surface area contributed by atoms with Crippen LogP contribution in [0.1, 0.15) is 44.0 Å². The van der Waals surface area contributed by atoms with Crippen LogP contribution in [-0.4, -0.2) is 48.5 Å². The molecule has 1 aliphatic rings. The number of nitrogens with one attached hydrogen (secondary N) is 1. The third-order valence-corrected chi connectivity index (χ3v) is 6.93. The van der Waals surface area contributed by atoms with Gasteiger partial charge in [-0.3, -0.25) is 9.69 Å². The number of oxazole rings is 1. The maximum absolute atomic E-state index is 13.1. The number of nitrogens with zero attached hydrogens (tertiary/aromatic N) is 4. The van der Waals surface area contributed by atoms with Crippen molar-refractivity contribution < 1.29 is 13.6 Å². The highest BCUT2D eigenvalue weighted by Crippen LogP contribution is 2.32. The topological polar surface area (TPSA) is 98.5 Å². The van der Waals surface area contributed by atoms with Crippen LogP contribution in [0.3, 0.4) is 0 Å². The molecule has 9 heteroatoms. The van der Waals surface area contributed by atoms with E-state index in [1.165, 1.54) is 6.26 Å². The maximum Gasteiger partial charge on any atom is 0.266 e. The molecule has 0 aliphatic carbocycles. The molecule has 0 bridgehead atoms. The molecule has 1 fully saturated rings. The van der Waals surface area contributed by atoms with Gasteiger partial charge in [-0.05, 0) is 49.7 Å². The van der Waals surface area contributed by atoms with E-state index in [1.807, 2.05) is 29.2 Å². The van der Waals surface area contributed by atoms with E-state index in [-0.39, 0.29) is 29.5 Å². The smallest absolute Gasteiger partial charge is 0.266 e. The molecule has 8 nitrogen and oxygen atoms in total. The zero-order chi connectivity index (χ0) is 24.8. The number of likely N-dealkylation sites (N-methyl/N-ethyl adjacent to an activating group) is 1. The normalized spacial score (nSPS) is 15.2. The molecule has 1 saturated heterocycles. The quantitative estimate of drug-likeness (QED) is 0.452. The molecule has 1 amide bonds. The standard InChI is InChI=1S/C26H30ClN5O3/c1-3-31(4-2)22(19-8-5-6-9-20(19)27)17-29-24(33)18-11-13-32(14-12-18)26-21(16-28)30-25(35-26)23-10-7-15-34-23/h5-10,15,18,22H,3-4,11-14,17H2,1-2H3,(H,29,33). The van der Waals surface area contributed by atoms with Crippen LogP contribution in [0.4, 0.5) is 5.88 Å². The number of piperidine rings is 1. The number of aromatic nitrogens is 1. The van der Waals surface area contributed by atoms with E-state index < -0.39 is 0 Å². The van der Waals surface area contributed by atoms with Crippen LogP contribution in [0, 0.1) is 17.2 Å². The van der Waals surface area contributed by atoms with Gasteiger partial charge in [-0.15, -0.1) is 0 Å². The third kappa shape index (κ3) is 5.53. The van der Waals surface area contributed by atoms with Crippen molar-refractivity contribution in [2.45, 2.75) is 32.7 Å². The first-order valence-electron chi connectivity index (χ1n) is 12.0. The Kier molecular flexibility index (Phi) is 8.11. The van der Waals surface area contributed by atoms with Crippen molar-refractivity contribution >= 4 is 23.4 Å². The summed E-state index contributed by atoms with van der Waals surface area (Å²) in [6.45, 7) is 7.64. The Hall–Kier alpha value is -3.28. The average Bonchev–Trinajstić information content (AvgIpc) is 3.57. The SMILES string of the molecule is CCN(CC)C(CNC(=O)C1CCN(c2oc(-c3ccco3)nc2C#N)CC1)c1ccccc1Cl. The lowest BCUT2D eigenvalue weighted by atomic mass is 9.95. The number of carbonyl (C=O) groups is 1. The molecular weight excluding hydrogens is 466 g/mol. The summed E-state index contributed by atoms with van der Waals surface area (Å²) in [6.07, 6.45) is 2.86. The molecule has 1 N–H and O–H groups in total. The van der Waals surface area contributed by atoms with Crippen molar-refractivity contribution in [3.8, 4) is 17.7 Å². The van der Waals surface area contributed by atoms with Gasteiger partial charge in [0.05, 0.1) is 12.3 Å². The largest absolute Gasteiger partial charge is 0.459 e. The van der Waals surface area contributed by atoms with Gasteiger partial charge >= 0.3 is 0 Å². The molecule has 3 aromatic rings. The van der Waals surface area contributed by atoms with E-state index in [2.05, 4.69) is 35.1 Å². The number of halogens is 1. The number of rotatable bonds is 9. The maximum atomic E-state index is 13.1. The van der Waals surface area contributed by atoms with Crippen molar-refractivity contribution in [1.82, 2.24) is 15.2 Å². The monoisotopic (exact) mass is 495 g/mol. The fraction of sp³-hybridized carbons (Fsp3) is 0.423. The first-order valence-corrected chi connectivity index (χ1v) is 12.4. The van der Waals surface area contributed by atoms with E-state index in [0.717, 1.165) is 18.7 Å². The van der Waals surface area contributed by atoms with Crippen LogP contribution < -0.4 is 10.2 Å². The molecule has 1 atom stereocenters. The molecule has 184 valence electrons. The lowest BCUT2D eigenvalue weighted by Gasteiger charge is -2.33. The van der Waals surface area contributed by atoms with E-state index in [0.29, 0.717) is 49.1 Å². The van der Waals surface area contributed by atoms with Crippen molar-refractivity contribution in [3.63, 3.8) is 0 Å². The molecular formula is C26H30ClN5O3. The first kappa shape index (κ1) is 24.8. The Labute approximate surface area is 210 Å². The number of amides is 1. The Morgan fingerprint density at radius 3 is 2.63 bits per heavy atom. The number of anilines is 1.